The summed E-state index contributed by atoms with van der Waals surface area (Å²) in [7, 11) is 4.13. The number of aromatic nitrogens is 1. The first kappa shape index (κ1) is 17.4. The molecule has 3 heteroatoms. The number of hydrogen-bond donors (Lipinski definition) is 0. The van der Waals surface area contributed by atoms with Crippen LogP contribution in [-0.4, -0.2) is 35.7 Å². The molecule has 0 radical (unpaired) electrons. The Labute approximate surface area is 149 Å². The van der Waals surface area contributed by atoms with E-state index >= 15 is 0 Å². The van der Waals surface area contributed by atoms with Crippen LogP contribution >= 0.6 is 0 Å². The molecule has 0 saturated carbocycles. The number of pyridine rings is 1. The van der Waals surface area contributed by atoms with Gasteiger partial charge in [0.1, 0.15) is 0 Å². The Balaban J connectivity index is 2.01. The molecule has 2 aromatic heterocycles. The number of carbonyl (C=O) groups is 1. The zero-order valence-electron chi connectivity index (χ0n) is 15.4. The van der Waals surface area contributed by atoms with Gasteiger partial charge in [-0.3, -0.25) is 4.79 Å². The summed E-state index contributed by atoms with van der Waals surface area (Å²) >= 11 is 0. The number of carbonyl (C=O) groups excluding carboxylic acids is 1. The number of allylic oxidation sites excluding steroid dienone is 1. The van der Waals surface area contributed by atoms with Crippen LogP contribution in [0.25, 0.3) is 22.0 Å². The van der Waals surface area contributed by atoms with Crippen molar-refractivity contribution in [1.82, 2.24) is 9.30 Å². The molecule has 3 aromatic rings. The van der Waals surface area contributed by atoms with Crippen LogP contribution in [0.1, 0.15) is 42.1 Å². The molecule has 0 aliphatic heterocycles. The average molecular weight is 334 g/mol. The molecule has 0 N–H and O–H groups in total. The Bertz CT molecular complexity index is 934. The number of unbranched alkanes of at least 4 members (excludes halogenated alkanes) is 1. The standard InChI is InChI=1S/C22H26N2O/c1-16(2)17-11-12-18-20(15-17)24-14-8-5-9-19(24)22(18)21(25)10-6-7-13-23(3)4/h5,8-9,11-12,14-15H,1,6-7,10,13H2,2-4H3. The van der Waals surface area contributed by atoms with Crippen LogP contribution in [-0.2, 0) is 0 Å². The lowest BCUT2D eigenvalue weighted by Crippen LogP contribution is -2.13. The van der Waals surface area contributed by atoms with E-state index in [1.807, 2.05) is 31.3 Å². The third-order valence-corrected chi connectivity index (χ3v) is 4.67. The quantitative estimate of drug-likeness (QED) is 0.446. The van der Waals surface area contributed by atoms with Crippen molar-refractivity contribution < 1.29 is 4.79 Å². The molecule has 0 aliphatic rings. The van der Waals surface area contributed by atoms with Crippen LogP contribution in [0.15, 0.2) is 49.2 Å². The molecular formula is C22H26N2O. The Hall–Kier alpha value is -2.39. The molecule has 0 saturated heterocycles. The molecule has 3 rings (SSSR count). The van der Waals surface area contributed by atoms with Gasteiger partial charge in [-0.2, -0.15) is 0 Å². The number of ketones is 1. The van der Waals surface area contributed by atoms with Crippen LogP contribution < -0.4 is 0 Å². The normalized spacial score (nSPS) is 11.5. The average Bonchev–Trinajstić information content (AvgIpc) is 2.92. The Morgan fingerprint density at radius 2 is 1.92 bits per heavy atom. The first-order valence-electron chi connectivity index (χ1n) is 8.85. The molecule has 0 unspecified atom stereocenters. The topological polar surface area (TPSA) is 24.7 Å². The first-order chi connectivity index (χ1) is 12.0. The summed E-state index contributed by atoms with van der Waals surface area (Å²) in [5.41, 5.74) is 5.07. The van der Waals surface area contributed by atoms with Crippen molar-refractivity contribution in [2.45, 2.75) is 26.2 Å². The van der Waals surface area contributed by atoms with Crippen molar-refractivity contribution in [3.63, 3.8) is 0 Å². The van der Waals surface area contributed by atoms with E-state index in [1.165, 1.54) is 0 Å². The first-order valence-corrected chi connectivity index (χ1v) is 8.85. The fourth-order valence-electron chi connectivity index (χ4n) is 3.33. The lowest BCUT2D eigenvalue weighted by atomic mass is 10.0. The summed E-state index contributed by atoms with van der Waals surface area (Å²) < 4.78 is 2.12. The third-order valence-electron chi connectivity index (χ3n) is 4.67. The highest BCUT2D eigenvalue weighted by atomic mass is 16.1. The van der Waals surface area contributed by atoms with Gasteiger partial charge in [-0.05, 0) is 64.2 Å². The summed E-state index contributed by atoms with van der Waals surface area (Å²) in [6.07, 6.45) is 4.59. The van der Waals surface area contributed by atoms with Crippen molar-refractivity contribution in [3.05, 3.63) is 60.3 Å². The highest BCUT2D eigenvalue weighted by Crippen LogP contribution is 2.30. The highest BCUT2D eigenvalue weighted by Gasteiger charge is 2.18. The van der Waals surface area contributed by atoms with Crippen molar-refractivity contribution in [3.8, 4) is 0 Å². The minimum atomic E-state index is 0.237. The molecule has 0 amide bonds. The SMILES string of the molecule is C=C(C)c1ccc2c(C(=O)CCCCN(C)C)c3ccccn3c2c1. The summed E-state index contributed by atoms with van der Waals surface area (Å²) in [5.74, 6) is 0.237. The van der Waals surface area contributed by atoms with E-state index in [9.17, 15) is 4.79 Å². The fourth-order valence-corrected chi connectivity index (χ4v) is 3.33. The maximum Gasteiger partial charge on any atom is 0.165 e. The van der Waals surface area contributed by atoms with E-state index in [4.69, 9.17) is 0 Å². The zero-order chi connectivity index (χ0) is 18.0. The Kier molecular flexibility index (Phi) is 5.05. The van der Waals surface area contributed by atoms with Crippen molar-refractivity contribution >= 4 is 27.8 Å². The summed E-state index contributed by atoms with van der Waals surface area (Å²) in [5, 5.41) is 1.04. The maximum atomic E-state index is 13.0. The van der Waals surface area contributed by atoms with Gasteiger partial charge in [-0.25, -0.2) is 0 Å². The second-order valence-corrected chi connectivity index (χ2v) is 7.03. The van der Waals surface area contributed by atoms with E-state index in [0.29, 0.717) is 6.42 Å². The van der Waals surface area contributed by atoms with E-state index in [0.717, 1.165) is 52.5 Å². The highest BCUT2D eigenvalue weighted by molar-refractivity contribution is 6.15. The zero-order valence-corrected chi connectivity index (χ0v) is 15.4. The molecule has 0 bridgehead atoms. The Morgan fingerprint density at radius 1 is 1.12 bits per heavy atom. The molecular weight excluding hydrogens is 308 g/mol. The van der Waals surface area contributed by atoms with Gasteiger partial charge in [0.15, 0.2) is 5.78 Å². The van der Waals surface area contributed by atoms with Crippen LogP contribution in [0.5, 0.6) is 0 Å². The fraction of sp³-hybridized carbons (Fsp3) is 0.318. The predicted molar refractivity (Wildman–Crippen MR) is 106 cm³/mol. The largest absolute Gasteiger partial charge is 0.316 e. The van der Waals surface area contributed by atoms with Gasteiger partial charge in [0, 0.05) is 18.0 Å². The third kappa shape index (κ3) is 3.52. The molecule has 0 spiro atoms. The van der Waals surface area contributed by atoms with Gasteiger partial charge >= 0.3 is 0 Å². The summed E-state index contributed by atoms with van der Waals surface area (Å²) in [6.45, 7) is 7.07. The number of benzene rings is 1. The number of rotatable bonds is 7. The number of nitrogens with zero attached hydrogens (tertiary/aromatic N) is 2. The number of Topliss-reactive ketones (excluding diaryl/α,β-unsaturated/α-hetero) is 1. The smallest absolute Gasteiger partial charge is 0.165 e. The summed E-state index contributed by atoms with van der Waals surface area (Å²) in [4.78, 5) is 15.1. The molecule has 1 aromatic carbocycles. The van der Waals surface area contributed by atoms with Gasteiger partial charge in [-0.15, -0.1) is 0 Å². The van der Waals surface area contributed by atoms with Crippen LogP contribution in [0.3, 0.4) is 0 Å². The van der Waals surface area contributed by atoms with Crippen molar-refractivity contribution in [1.29, 1.82) is 0 Å². The van der Waals surface area contributed by atoms with Gasteiger partial charge in [0.05, 0.1) is 16.6 Å². The van der Waals surface area contributed by atoms with Gasteiger partial charge < -0.3 is 9.30 Å². The number of hydrogen-bond acceptors (Lipinski definition) is 2. The Morgan fingerprint density at radius 3 is 2.64 bits per heavy atom. The van der Waals surface area contributed by atoms with Gasteiger partial charge in [0.25, 0.3) is 0 Å². The van der Waals surface area contributed by atoms with E-state index in [-0.39, 0.29) is 5.78 Å². The predicted octanol–water partition coefficient (Wildman–Crippen LogP) is 5.04. The number of fused-ring (bicyclic) bond motifs is 3. The minimum absolute atomic E-state index is 0.237. The minimum Gasteiger partial charge on any atom is -0.316 e. The maximum absolute atomic E-state index is 13.0. The van der Waals surface area contributed by atoms with Gasteiger partial charge in [0.2, 0.25) is 0 Å². The monoisotopic (exact) mass is 334 g/mol. The molecule has 2 heterocycles. The van der Waals surface area contributed by atoms with Crippen molar-refractivity contribution in [2.75, 3.05) is 20.6 Å². The molecule has 130 valence electrons. The van der Waals surface area contributed by atoms with Crippen LogP contribution in [0, 0.1) is 0 Å². The lowest BCUT2D eigenvalue weighted by Gasteiger charge is -2.08. The molecule has 0 fully saturated rings. The molecule has 0 aliphatic carbocycles. The van der Waals surface area contributed by atoms with Crippen molar-refractivity contribution in [2.24, 2.45) is 0 Å². The molecule has 0 atom stereocenters. The second-order valence-electron chi connectivity index (χ2n) is 7.03. The lowest BCUT2D eigenvalue weighted by molar-refractivity contribution is 0.0981. The summed E-state index contributed by atoms with van der Waals surface area (Å²) in [6, 6.07) is 12.3. The van der Waals surface area contributed by atoms with Crippen LogP contribution in [0.4, 0.5) is 0 Å². The molecule has 3 nitrogen and oxygen atoms in total. The van der Waals surface area contributed by atoms with Gasteiger partial charge in [-0.1, -0.05) is 30.4 Å². The molecule has 25 heavy (non-hydrogen) atoms. The second kappa shape index (κ2) is 7.24. The van der Waals surface area contributed by atoms with E-state index in [1.54, 1.807) is 0 Å². The van der Waals surface area contributed by atoms with E-state index in [2.05, 4.69) is 48.2 Å². The van der Waals surface area contributed by atoms with E-state index < -0.39 is 0 Å². The van der Waals surface area contributed by atoms with Crippen LogP contribution in [0.2, 0.25) is 0 Å².